The molecule has 0 radical (unpaired) electrons. The van der Waals surface area contributed by atoms with Crippen LogP contribution in [0.5, 0.6) is 5.75 Å². The SMILES string of the molecule is CCOc1ccccc1C(NC)C1=CCCCO1. The lowest BCUT2D eigenvalue weighted by molar-refractivity contribution is 0.168. The lowest BCUT2D eigenvalue weighted by Gasteiger charge is -2.25. The van der Waals surface area contributed by atoms with E-state index >= 15 is 0 Å². The number of allylic oxidation sites excluding steroid dienone is 1. The Bertz CT molecular complexity index is 415. The highest BCUT2D eigenvalue weighted by molar-refractivity contribution is 5.39. The van der Waals surface area contributed by atoms with Gasteiger partial charge in [0, 0.05) is 5.56 Å². The summed E-state index contributed by atoms with van der Waals surface area (Å²) in [6, 6.07) is 8.20. The van der Waals surface area contributed by atoms with Gasteiger partial charge in [0.2, 0.25) is 0 Å². The fraction of sp³-hybridized carbons (Fsp3) is 0.467. The molecule has 0 saturated carbocycles. The molecule has 0 amide bonds. The van der Waals surface area contributed by atoms with E-state index in [2.05, 4.69) is 17.5 Å². The Morgan fingerprint density at radius 3 is 2.89 bits per heavy atom. The molecule has 98 valence electrons. The summed E-state index contributed by atoms with van der Waals surface area (Å²) >= 11 is 0. The van der Waals surface area contributed by atoms with E-state index in [4.69, 9.17) is 9.47 Å². The minimum atomic E-state index is 0.0769. The molecule has 0 aromatic heterocycles. The third-order valence-corrected chi connectivity index (χ3v) is 3.07. The van der Waals surface area contributed by atoms with Gasteiger partial charge in [-0.05, 0) is 39.0 Å². The van der Waals surface area contributed by atoms with Gasteiger partial charge < -0.3 is 14.8 Å². The maximum atomic E-state index is 5.76. The number of para-hydroxylation sites is 1. The number of benzene rings is 1. The second kappa shape index (κ2) is 6.45. The molecule has 1 atom stereocenters. The van der Waals surface area contributed by atoms with Crippen LogP contribution >= 0.6 is 0 Å². The first-order chi connectivity index (χ1) is 8.86. The van der Waals surface area contributed by atoms with Crippen LogP contribution in [0.1, 0.15) is 31.4 Å². The Labute approximate surface area is 109 Å². The second-order valence-electron chi connectivity index (χ2n) is 4.29. The maximum Gasteiger partial charge on any atom is 0.124 e. The molecule has 3 heteroatoms. The van der Waals surface area contributed by atoms with Crippen LogP contribution in [0.15, 0.2) is 36.1 Å². The van der Waals surface area contributed by atoms with Crippen molar-refractivity contribution in [2.45, 2.75) is 25.8 Å². The molecule has 1 aliphatic heterocycles. The van der Waals surface area contributed by atoms with Gasteiger partial charge in [-0.3, -0.25) is 0 Å². The third kappa shape index (κ3) is 2.85. The predicted octanol–water partition coefficient (Wildman–Crippen LogP) is 3.04. The van der Waals surface area contributed by atoms with Crippen LogP contribution < -0.4 is 10.1 Å². The van der Waals surface area contributed by atoms with Crippen LogP contribution in [-0.4, -0.2) is 20.3 Å². The first kappa shape index (κ1) is 13.0. The summed E-state index contributed by atoms with van der Waals surface area (Å²) in [5.41, 5.74) is 1.13. The molecule has 18 heavy (non-hydrogen) atoms. The average Bonchev–Trinajstić information content (AvgIpc) is 2.43. The highest BCUT2D eigenvalue weighted by atomic mass is 16.5. The summed E-state index contributed by atoms with van der Waals surface area (Å²) in [6.45, 7) is 3.48. The molecule has 3 nitrogen and oxygen atoms in total. The van der Waals surface area contributed by atoms with Crippen LogP contribution in [0.3, 0.4) is 0 Å². The molecule has 1 unspecified atom stereocenters. The molecule has 1 aromatic rings. The Morgan fingerprint density at radius 1 is 1.39 bits per heavy atom. The topological polar surface area (TPSA) is 30.5 Å². The van der Waals surface area contributed by atoms with Gasteiger partial charge in [-0.25, -0.2) is 0 Å². The van der Waals surface area contributed by atoms with Gasteiger partial charge >= 0.3 is 0 Å². The molecule has 1 N–H and O–H groups in total. The lowest BCUT2D eigenvalue weighted by atomic mass is 10.0. The first-order valence-corrected chi connectivity index (χ1v) is 6.58. The average molecular weight is 247 g/mol. The number of ether oxygens (including phenoxy) is 2. The standard InChI is InChI=1S/C15H21NO2/c1-3-17-13-9-5-4-8-12(13)15(16-2)14-10-6-7-11-18-14/h4-5,8-10,15-16H,3,6-7,11H2,1-2H3. The van der Waals surface area contributed by atoms with Crippen molar-refractivity contribution >= 4 is 0 Å². The third-order valence-electron chi connectivity index (χ3n) is 3.07. The van der Waals surface area contributed by atoms with E-state index in [1.165, 1.54) is 0 Å². The molecular weight excluding hydrogens is 226 g/mol. The van der Waals surface area contributed by atoms with Crippen molar-refractivity contribution in [3.05, 3.63) is 41.7 Å². The van der Waals surface area contributed by atoms with Crippen molar-refractivity contribution in [2.24, 2.45) is 0 Å². The van der Waals surface area contributed by atoms with Crippen LogP contribution in [0.4, 0.5) is 0 Å². The van der Waals surface area contributed by atoms with Crippen LogP contribution in [-0.2, 0) is 4.74 Å². The lowest BCUT2D eigenvalue weighted by Crippen LogP contribution is -2.22. The van der Waals surface area contributed by atoms with Crippen LogP contribution in [0, 0.1) is 0 Å². The maximum absolute atomic E-state index is 5.76. The van der Waals surface area contributed by atoms with Crippen LogP contribution in [0.25, 0.3) is 0 Å². The summed E-state index contributed by atoms with van der Waals surface area (Å²) in [4.78, 5) is 0. The first-order valence-electron chi connectivity index (χ1n) is 6.58. The Balaban J connectivity index is 2.29. The predicted molar refractivity (Wildman–Crippen MR) is 72.7 cm³/mol. The van der Waals surface area contributed by atoms with Gasteiger partial charge in [0.15, 0.2) is 0 Å². The fourth-order valence-electron chi connectivity index (χ4n) is 2.23. The Hall–Kier alpha value is -1.48. The van der Waals surface area contributed by atoms with E-state index in [0.29, 0.717) is 6.61 Å². The second-order valence-corrected chi connectivity index (χ2v) is 4.29. The Kier molecular flexibility index (Phi) is 4.65. The fourth-order valence-corrected chi connectivity index (χ4v) is 2.23. The summed E-state index contributed by atoms with van der Waals surface area (Å²) in [5.74, 6) is 1.94. The van der Waals surface area contributed by atoms with E-state index in [1.807, 2.05) is 32.2 Å². The molecule has 0 spiro atoms. The van der Waals surface area contributed by atoms with Crippen molar-refractivity contribution in [1.82, 2.24) is 5.32 Å². The number of likely N-dealkylation sites (N-methyl/N-ethyl adjacent to an activating group) is 1. The normalized spacial score (nSPS) is 16.7. The van der Waals surface area contributed by atoms with Crippen molar-refractivity contribution in [1.29, 1.82) is 0 Å². The summed E-state index contributed by atoms with van der Waals surface area (Å²) in [5, 5.41) is 3.31. The highest BCUT2D eigenvalue weighted by Crippen LogP contribution is 2.31. The van der Waals surface area contributed by atoms with Gasteiger partial charge in [-0.15, -0.1) is 0 Å². The molecule has 0 bridgehead atoms. The smallest absolute Gasteiger partial charge is 0.124 e. The van der Waals surface area contributed by atoms with Gasteiger partial charge in [0.05, 0.1) is 19.3 Å². The number of nitrogens with one attached hydrogen (secondary N) is 1. The van der Waals surface area contributed by atoms with E-state index in [1.54, 1.807) is 0 Å². The van der Waals surface area contributed by atoms with E-state index in [0.717, 1.165) is 36.5 Å². The molecule has 2 rings (SSSR count). The zero-order valence-corrected chi connectivity index (χ0v) is 11.1. The van der Waals surface area contributed by atoms with E-state index < -0.39 is 0 Å². The quantitative estimate of drug-likeness (QED) is 0.867. The van der Waals surface area contributed by atoms with Crippen LogP contribution in [0.2, 0.25) is 0 Å². The summed E-state index contributed by atoms with van der Waals surface area (Å²) in [6.07, 6.45) is 4.37. The molecule has 0 fully saturated rings. The molecular formula is C15H21NO2. The number of hydrogen-bond donors (Lipinski definition) is 1. The van der Waals surface area contributed by atoms with Crippen molar-refractivity contribution < 1.29 is 9.47 Å². The largest absolute Gasteiger partial charge is 0.496 e. The van der Waals surface area contributed by atoms with Crippen molar-refractivity contribution in [3.8, 4) is 5.75 Å². The van der Waals surface area contributed by atoms with Gasteiger partial charge in [-0.1, -0.05) is 18.2 Å². The zero-order chi connectivity index (χ0) is 12.8. The molecule has 1 aliphatic rings. The minimum Gasteiger partial charge on any atom is -0.496 e. The Morgan fingerprint density at radius 2 is 2.22 bits per heavy atom. The van der Waals surface area contributed by atoms with Crippen molar-refractivity contribution in [2.75, 3.05) is 20.3 Å². The highest BCUT2D eigenvalue weighted by Gasteiger charge is 2.21. The minimum absolute atomic E-state index is 0.0769. The number of hydrogen-bond acceptors (Lipinski definition) is 3. The van der Waals surface area contributed by atoms with Gasteiger partial charge in [0.1, 0.15) is 11.5 Å². The molecule has 1 heterocycles. The number of rotatable bonds is 5. The van der Waals surface area contributed by atoms with E-state index in [9.17, 15) is 0 Å². The summed E-state index contributed by atoms with van der Waals surface area (Å²) in [7, 11) is 1.95. The monoisotopic (exact) mass is 247 g/mol. The molecule has 1 aromatic carbocycles. The zero-order valence-electron chi connectivity index (χ0n) is 11.1. The molecule has 0 saturated heterocycles. The summed E-state index contributed by atoms with van der Waals surface area (Å²) < 4.78 is 11.4. The molecule has 0 aliphatic carbocycles. The van der Waals surface area contributed by atoms with Crippen molar-refractivity contribution in [3.63, 3.8) is 0 Å². The van der Waals surface area contributed by atoms with E-state index in [-0.39, 0.29) is 6.04 Å². The van der Waals surface area contributed by atoms with Gasteiger partial charge in [-0.2, -0.15) is 0 Å². The van der Waals surface area contributed by atoms with Gasteiger partial charge in [0.25, 0.3) is 0 Å².